The molecule has 2 aromatic rings. The maximum absolute atomic E-state index is 5.98. The summed E-state index contributed by atoms with van der Waals surface area (Å²) in [6.07, 6.45) is 0.0343. The van der Waals surface area contributed by atoms with Crippen LogP contribution in [0.25, 0.3) is 0 Å². The molecule has 1 atom stereocenters. The van der Waals surface area contributed by atoms with Crippen molar-refractivity contribution in [2.75, 3.05) is 13.6 Å². The van der Waals surface area contributed by atoms with E-state index in [2.05, 4.69) is 52.8 Å². The average molecular weight is 361 g/mol. The first-order valence-corrected chi connectivity index (χ1v) is 9.48. The van der Waals surface area contributed by atoms with Gasteiger partial charge in [0.15, 0.2) is 5.96 Å². The molecule has 136 valence electrons. The van der Waals surface area contributed by atoms with E-state index in [0.717, 1.165) is 28.0 Å². The van der Waals surface area contributed by atoms with Crippen LogP contribution in [0.1, 0.15) is 43.0 Å². The number of thiazole rings is 1. The number of aryl methyl sites for hydroxylation is 1. The molecule has 1 unspecified atom stereocenters. The van der Waals surface area contributed by atoms with Crippen LogP contribution in [-0.4, -0.2) is 30.6 Å². The highest BCUT2D eigenvalue weighted by Crippen LogP contribution is 2.18. The van der Waals surface area contributed by atoms with Gasteiger partial charge >= 0.3 is 0 Å². The Morgan fingerprint density at radius 3 is 2.64 bits per heavy atom. The van der Waals surface area contributed by atoms with E-state index >= 15 is 0 Å². The van der Waals surface area contributed by atoms with Crippen molar-refractivity contribution in [3.63, 3.8) is 0 Å². The van der Waals surface area contributed by atoms with Gasteiger partial charge in [-0.1, -0.05) is 32.0 Å². The highest BCUT2D eigenvalue weighted by molar-refractivity contribution is 7.09. The normalized spacial score (nSPS) is 13.0. The lowest BCUT2D eigenvalue weighted by atomic mass is 10.2. The minimum atomic E-state index is 0.0343. The van der Waals surface area contributed by atoms with Crippen LogP contribution in [0.15, 0.2) is 34.6 Å². The molecule has 0 aliphatic rings. The molecule has 6 heteroatoms. The van der Waals surface area contributed by atoms with E-state index in [1.807, 2.05) is 25.1 Å². The molecule has 0 radical (unpaired) electrons. The van der Waals surface area contributed by atoms with Gasteiger partial charge < -0.3 is 15.4 Å². The van der Waals surface area contributed by atoms with Crippen molar-refractivity contribution in [3.8, 4) is 5.75 Å². The zero-order chi connectivity index (χ0) is 18.2. The van der Waals surface area contributed by atoms with Gasteiger partial charge in [0.2, 0.25) is 0 Å². The molecular weight excluding hydrogens is 332 g/mol. The van der Waals surface area contributed by atoms with E-state index in [-0.39, 0.29) is 6.10 Å². The zero-order valence-corrected chi connectivity index (χ0v) is 16.5. The van der Waals surface area contributed by atoms with Crippen LogP contribution in [0, 0.1) is 6.92 Å². The summed E-state index contributed by atoms with van der Waals surface area (Å²) < 4.78 is 5.98. The fraction of sp³-hybridized carbons (Fsp3) is 0.474. The second kappa shape index (κ2) is 9.42. The lowest BCUT2D eigenvalue weighted by Crippen LogP contribution is -2.41. The van der Waals surface area contributed by atoms with E-state index in [0.29, 0.717) is 19.0 Å². The molecule has 0 saturated carbocycles. The summed E-state index contributed by atoms with van der Waals surface area (Å²) in [7, 11) is 1.77. The van der Waals surface area contributed by atoms with E-state index in [9.17, 15) is 0 Å². The molecule has 0 aliphatic heterocycles. The maximum Gasteiger partial charge on any atom is 0.191 e. The Labute approximate surface area is 154 Å². The lowest BCUT2D eigenvalue weighted by molar-refractivity contribution is 0.222. The molecule has 0 spiro atoms. The second-order valence-corrected chi connectivity index (χ2v) is 7.26. The van der Waals surface area contributed by atoms with E-state index in [4.69, 9.17) is 4.74 Å². The smallest absolute Gasteiger partial charge is 0.191 e. The molecule has 5 nitrogen and oxygen atoms in total. The average Bonchev–Trinajstić information content (AvgIpc) is 3.06. The minimum absolute atomic E-state index is 0.0343. The first-order valence-electron chi connectivity index (χ1n) is 8.60. The standard InChI is InChI=1S/C19H28N4OS/c1-13(2)16-12-25-18(23-16)11-22-19(20-5)21-10-15(4)24-17-9-7-6-8-14(17)3/h6-9,12-13,15H,10-11H2,1-5H3,(H2,20,21,22). The number of hydrogen-bond donors (Lipinski definition) is 2. The van der Waals surface area contributed by atoms with Crippen molar-refractivity contribution in [3.05, 3.63) is 45.9 Å². The molecular formula is C19H28N4OS. The summed E-state index contributed by atoms with van der Waals surface area (Å²) in [4.78, 5) is 8.88. The third kappa shape index (κ3) is 6.05. The molecule has 0 fully saturated rings. The number of para-hydroxylation sites is 1. The van der Waals surface area contributed by atoms with Crippen molar-refractivity contribution in [1.82, 2.24) is 15.6 Å². The van der Waals surface area contributed by atoms with Crippen LogP contribution in [0.3, 0.4) is 0 Å². The van der Waals surface area contributed by atoms with Crippen molar-refractivity contribution in [2.24, 2.45) is 4.99 Å². The van der Waals surface area contributed by atoms with Crippen molar-refractivity contribution in [2.45, 2.75) is 46.3 Å². The summed E-state index contributed by atoms with van der Waals surface area (Å²) in [5, 5.41) is 9.79. The Kier molecular flexibility index (Phi) is 7.25. The van der Waals surface area contributed by atoms with Crippen LogP contribution in [-0.2, 0) is 6.54 Å². The van der Waals surface area contributed by atoms with Gasteiger partial charge in [0.25, 0.3) is 0 Å². The number of benzene rings is 1. The predicted molar refractivity (Wildman–Crippen MR) is 106 cm³/mol. The number of aliphatic imine (C=N–C) groups is 1. The highest BCUT2D eigenvalue weighted by atomic mass is 32.1. The topological polar surface area (TPSA) is 58.5 Å². The SMILES string of the molecule is CN=C(NCc1nc(C(C)C)cs1)NCC(C)Oc1ccccc1C. The molecule has 0 amide bonds. The number of rotatable bonds is 7. The van der Waals surface area contributed by atoms with Crippen molar-refractivity contribution >= 4 is 17.3 Å². The Morgan fingerprint density at radius 2 is 2.00 bits per heavy atom. The Hall–Kier alpha value is -2.08. The number of ether oxygens (including phenoxy) is 1. The van der Waals surface area contributed by atoms with Crippen LogP contribution < -0.4 is 15.4 Å². The number of hydrogen-bond acceptors (Lipinski definition) is 4. The lowest BCUT2D eigenvalue weighted by Gasteiger charge is -2.18. The Balaban J connectivity index is 1.78. The van der Waals surface area contributed by atoms with Crippen LogP contribution in [0.5, 0.6) is 5.75 Å². The van der Waals surface area contributed by atoms with Crippen LogP contribution in [0.4, 0.5) is 0 Å². The fourth-order valence-corrected chi connectivity index (χ4v) is 3.13. The predicted octanol–water partition coefficient (Wildman–Crippen LogP) is 3.71. The summed E-state index contributed by atoms with van der Waals surface area (Å²) in [5.41, 5.74) is 2.28. The monoisotopic (exact) mass is 360 g/mol. The van der Waals surface area contributed by atoms with Gasteiger partial charge in [-0.25, -0.2) is 4.98 Å². The Bertz CT molecular complexity index is 696. The molecule has 1 aromatic carbocycles. The summed E-state index contributed by atoms with van der Waals surface area (Å²) in [6.45, 7) is 9.75. The van der Waals surface area contributed by atoms with Gasteiger partial charge in [-0.2, -0.15) is 0 Å². The van der Waals surface area contributed by atoms with Crippen molar-refractivity contribution in [1.29, 1.82) is 0 Å². The first-order chi connectivity index (χ1) is 12.0. The molecule has 2 N–H and O–H groups in total. The van der Waals surface area contributed by atoms with E-state index in [1.54, 1.807) is 18.4 Å². The van der Waals surface area contributed by atoms with E-state index in [1.165, 1.54) is 0 Å². The number of nitrogens with one attached hydrogen (secondary N) is 2. The second-order valence-electron chi connectivity index (χ2n) is 6.32. The van der Waals surface area contributed by atoms with E-state index < -0.39 is 0 Å². The van der Waals surface area contributed by atoms with Crippen LogP contribution >= 0.6 is 11.3 Å². The van der Waals surface area contributed by atoms with Gasteiger partial charge in [-0.05, 0) is 31.4 Å². The Morgan fingerprint density at radius 1 is 1.24 bits per heavy atom. The quantitative estimate of drug-likeness (QED) is 0.584. The fourth-order valence-electron chi connectivity index (χ4n) is 2.24. The molecule has 0 bridgehead atoms. The van der Waals surface area contributed by atoms with Gasteiger partial charge in [0.05, 0.1) is 18.8 Å². The zero-order valence-electron chi connectivity index (χ0n) is 15.7. The molecule has 25 heavy (non-hydrogen) atoms. The molecule has 2 rings (SSSR count). The maximum atomic E-state index is 5.98. The first kappa shape index (κ1) is 19.2. The van der Waals surface area contributed by atoms with Crippen LogP contribution in [0.2, 0.25) is 0 Å². The molecule has 0 saturated heterocycles. The molecule has 0 aliphatic carbocycles. The van der Waals surface area contributed by atoms with Gasteiger partial charge in [-0.15, -0.1) is 11.3 Å². The van der Waals surface area contributed by atoms with Crippen molar-refractivity contribution < 1.29 is 4.74 Å². The summed E-state index contributed by atoms with van der Waals surface area (Å²) in [5.74, 6) is 2.13. The number of aromatic nitrogens is 1. The van der Waals surface area contributed by atoms with Gasteiger partial charge in [0, 0.05) is 12.4 Å². The van der Waals surface area contributed by atoms with Gasteiger partial charge in [-0.3, -0.25) is 4.99 Å². The molecule has 1 aromatic heterocycles. The third-order valence-electron chi connectivity index (χ3n) is 3.77. The van der Waals surface area contributed by atoms with Gasteiger partial charge in [0.1, 0.15) is 16.9 Å². The third-order valence-corrected chi connectivity index (χ3v) is 4.64. The number of guanidine groups is 1. The highest BCUT2D eigenvalue weighted by Gasteiger charge is 2.09. The summed E-state index contributed by atoms with van der Waals surface area (Å²) >= 11 is 1.68. The molecule has 1 heterocycles. The number of nitrogens with zero attached hydrogens (tertiary/aromatic N) is 2. The minimum Gasteiger partial charge on any atom is -0.489 e. The largest absolute Gasteiger partial charge is 0.489 e. The summed E-state index contributed by atoms with van der Waals surface area (Å²) in [6, 6.07) is 8.05.